The zero-order chi connectivity index (χ0) is 28.1. The van der Waals surface area contributed by atoms with E-state index in [4.69, 9.17) is 5.21 Å². The van der Waals surface area contributed by atoms with E-state index in [0.29, 0.717) is 49.2 Å². The molecule has 0 bridgehead atoms. The van der Waals surface area contributed by atoms with Crippen molar-refractivity contribution in [1.29, 1.82) is 0 Å². The summed E-state index contributed by atoms with van der Waals surface area (Å²) in [6, 6.07) is 6.28. The molecule has 13 heteroatoms. The van der Waals surface area contributed by atoms with E-state index >= 15 is 0 Å². The molecule has 0 spiro atoms. The lowest BCUT2D eigenvalue weighted by atomic mass is 9.88. The predicted molar refractivity (Wildman–Crippen MR) is 135 cm³/mol. The zero-order valence-corrected chi connectivity index (χ0v) is 21.8. The minimum atomic E-state index is -1.37. The highest BCUT2D eigenvalue weighted by Crippen LogP contribution is 2.20. The molecule has 0 saturated carbocycles. The third kappa shape index (κ3) is 9.56. The average molecular weight is 533 g/mol. The number of nitrogens with zero attached hydrogens (tertiary/aromatic N) is 3. The van der Waals surface area contributed by atoms with Gasteiger partial charge in [-0.15, -0.1) is 5.10 Å². The van der Waals surface area contributed by atoms with Gasteiger partial charge in [0.25, 0.3) is 0 Å². The van der Waals surface area contributed by atoms with Crippen molar-refractivity contribution in [2.24, 2.45) is 11.8 Å². The topological polar surface area (TPSA) is 185 Å². The number of hydrogen-bond donors (Lipinski definition) is 5. The number of benzene rings is 1. The molecule has 5 N–H and O–H groups in total. The number of anilines is 1. The molecule has 3 unspecified atom stereocenters. The van der Waals surface area contributed by atoms with E-state index in [2.05, 4.69) is 25.7 Å². The van der Waals surface area contributed by atoms with Gasteiger partial charge in [0.05, 0.1) is 19.9 Å². The average Bonchev–Trinajstić information content (AvgIpc) is 3.39. The van der Waals surface area contributed by atoms with Crippen molar-refractivity contribution in [1.82, 2.24) is 25.8 Å². The zero-order valence-electron chi connectivity index (χ0n) is 21.8. The highest BCUT2D eigenvalue weighted by molar-refractivity contribution is 5.90. The number of unbranched alkanes of at least 4 members (excludes halogenated alkanes) is 1. The largest absolute Gasteiger partial charge is 0.467 e. The van der Waals surface area contributed by atoms with Crippen molar-refractivity contribution >= 4 is 29.4 Å². The Bertz CT molecular complexity index is 1070. The van der Waals surface area contributed by atoms with Gasteiger partial charge in [0.2, 0.25) is 17.7 Å². The molecule has 1 aromatic heterocycles. The second kappa shape index (κ2) is 15.4. The smallest absolute Gasteiger partial charge is 0.339 e. The molecule has 0 aliphatic rings. The third-order valence-corrected chi connectivity index (χ3v) is 6.20. The number of esters is 1. The van der Waals surface area contributed by atoms with E-state index in [-0.39, 0.29) is 30.7 Å². The lowest BCUT2D eigenvalue weighted by Gasteiger charge is -2.21. The molecule has 2 aromatic rings. The van der Waals surface area contributed by atoms with E-state index in [1.807, 2.05) is 13.8 Å². The summed E-state index contributed by atoms with van der Waals surface area (Å²) in [5.74, 6) is -2.45. The van der Waals surface area contributed by atoms with E-state index < -0.39 is 23.9 Å². The van der Waals surface area contributed by atoms with Crippen LogP contribution in [0.5, 0.6) is 0 Å². The van der Waals surface area contributed by atoms with Crippen LogP contribution in [0.4, 0.5) is 5.69 Å². The molecule has 13 nitrogen and oxygen atoms in total. The number of aryl methyl sites for hydroxylation is 1. The Hall–Kier alpha value is -3.84. The fourth-order valence-electron chi connectivity index (χ4n) is 3.70. The van der Waals surface area contributed by atoms with Gasteiger partial charge in [0, 0.05) is 31.0 Å². The number of aliphatic hydroxyl groups excluding tert-OH is 1. The van der Waals surface area contributed by atoms with E-state index in [1.54, 1.807) is 28.5 Å². The fourth-order valence-corrected chi connectivity index (χ4v) is 3.70. The molecule has 3 amide bonds. The van der Waals surface area contributed by atoms with Crippen molar-refractivity contribution in [2.45, 2.75) is 65.1 Å². The van der Waals surface area contributed by atoms with Crippen LogP contribution in [0.1, 0.15) is 63.3 Å². The van der Waals surface area contributed by atoms with Gasteiger partial charge in [-0.1, -0.05) is 37.6 Å². The predicted octanol–water partition coefficient (Wildman–Crippen LogP) is 1.47. The van der Waals surface area contributed by atoms with Crippen molar-refractivity contribution in [3.8, 4) is 0 Å². The van der Waals surface area contributed by atoms with Gasteiger partial charge in [0.1, 0.15) is 5.69 Å². The maximum Gasteiger partial charge on any atom is 0.339 e. The Morgan fingerprint density at radius 2 is 1.82 bits per heavy atom. The maximum atomic E-state index is 12.6. The van der Waals surface area contributed by atoms with Crippen molar-refractivity contribution < 1.29 is 34.2 Å². The summed E-state index contributed by atoms with van der Waals surface area (Å²) in [5.41, 5.74) is 3.04. The number of carbonyl (C=O) groups excluding carboxylic acids is 4. The summed E-state index contributed by atoms with van der Waals surface area (Å²) in [6.45, 7) is 4.50. The number of hydroxylamine groups is 1. The van der Waals surface area contributed by atoms with Gasteiger partial charge >= 0.3 is 5.97 Å². The number of rotatable bonds is 15. The first kappa shape index (κ1) is 30.4. The summed E-state index contributed by atoms with van der Waals surface area (Å²) < 4.78 is 6.14. The Labute approximate surface area is 220 Å². The second-order valence-corrected chi connectivity index (χ2v) is 8.97. The molecule has 208 valence electrons. The van der Waals surface area contributed by atoms with E-state index in [1.165, 1.54) is 19.2 Å². The quantitative estimate of drug-likeness (QED) is 0.0980. The van der Waals surface area contributed by atoms with Crippen LogP contribution in [0, 0.1) is 11.8 Å². The van der Waals surface area contributed by atoms with E-state index in [9.17, 15) is 24.3 Å². The van der Waals surface area contributed by atoms with Gasteiger partial charge in [-0.25, -0.2) is 10.3 Å². The maximum absolute atomic E-state index is 12.6. The molecule has 38 heavy (non-hydrogen) atoms. The minimum absolute atomic E-state index is 0.0426. The standard InChI is InChI=1S/C25H36N6O7/c1-4-16(2)20(13-22(33)29-37)24(35)26-14-19-15-31(30-28-19)12-6-5-7-21(32)27-18-10-8-17(9-11-18)23(34)25(36)38-3/h8-11,15-16,20,23,34,37H,4-7,12-14H2,1-3H3,(H,26,35)(H,27,32)(H,29,33). The third-order valence-electron chi connectivity index (χ3n) is 6.20. The number of amides is 3. The molecular formula is C25H36N6O7. The number of hydrogen-bond acceptors (Lipinski definition) is 9. The summed E-state index contributed by atoms with van der Waals surface area (Å²) in [6.07, 6.45) is 2.52. The SMILES string of the molecule is CCC(C)C(CC(=O)NO)C(=O)NCc1cn(CCCCC(=O)Nc2ccc(C(O)C(=O)OC)cc2)nn1. The van der Waals surface area contributed by atoms with Crippen LogP contribution in [-0.4, -0.2) is 56.1 Å². The first-order valence-electron chi connectivity index (χ1n) is 12.4. The summed E-state index contributed by atoms with van der Waals surface area (Å²) >= 11 is 0. The number of methoxy groups -OCH3 is 1. The van der Waals surface area contributed by atoms with Crippen LogP contribution < -0.4 is 16.1 Å². The second-order valence-electron chi connectivity index (χ2n) is 8.97. The molecule has 3 atom stereocenters. The van der Waals surface area contributed by atoms with Gasteiger partial charge in [-0.3, -0.25) is 24.3 Å². The van der Waals surface area contributed by atoms with Crippen LogP contribution in [0.2, 0.25) is 0 Å². The molecular weight excluding hydrogens is 496 g/mol. The molecule has 2 rings (SSSR count). The van der Waals surface area contributed by atoms with E-state index in [0.717, 1.165) is 0 Å². The number of nitrogens with one attached hydrogen (secondary N) is 3. The minimum Gasteiger partial charge on any atom is -0.467 e. The Morgan fingerprint density at radius 3 is 2.45 bits per heavy atom. The summed E-state index contributed by atoms with van der Waals surface area (Å²) in [5, 5.41) is 32.2. The van der Waals surface area contributed by atoms with Crippen molar-refractivity contribution in [2.75, 3.05) is 12.4 Å². The van der Waals surface area contributed by atoms with Crippen LogP contribution in [-0.2, 0) is 37.0 Å². The molecule has 0 saturated heterocycles. The first-order valence-corrected chi connectivity index (χ1v) is 12.4. The van der Waals surface area contributed by atoms with Crippen LogP contribution in [0.15, 0.2) is 30.5 Å². The van der Waals surface area contributed by atoms with Gasteiger partial charge in [-0.2, -0.15) is 0 Å². The number of aromatic nitrogens is 3. The molecule has 0 aliphatic carbocycles. The summed E-state index contributed by atoms with van der Waals surface area (Å²) in [4.78, 5) is 47.7. The lowest BCUT2D eigenvalue weighted by molar-refractivity contribution is -0.150. The fraction of sp³-hybridized carbons (Fsp3) is 0.520. The highest BCUT2D eigenvalue weighted by atomic mass is 16.5. The first-order chi connectivity index (χ1) is 18.2. The number of carbonyl (C=O) groups is 4. The molecule has 1 aromatic carbocycles. The number of ether oxygens (including phenoxy) is 1. The lowest BCUT2D eigenvalue weighted by Crippen LogP contribution is -2.37. The van der Waals surface area contributed by atoms with Gasteiger partial charge in [-0.05, 0) is 36.5 Å². The molecule has 0 radical (unpaired) electrons. The van der Waals surface area contributed by atoms with Gasteiger partial charge < -0.3 is 20.5 Å². The van der Waals surface area contributed by atoms with Crippen LogP contribution >= 0.6 is 0 Å². The monoisotopic (exact) mass is 532 g/mol. The van der Waals surface area contributed by atoms with Crippen LogP contribution in [0.25, 0.3) is 0 Å². The Kier molecular flexibility index (Phi) is 12.3. The van der Waals surface area contributed by atoms with Crippen molar-refractivity contribution in [3.05, 3.63) is 41.7 Å². The Morgan fingerprint density at radius 1 is 1.11 bits per heavy atom. The van der Waals surface area contributed by atoms with Crippen LogP contribution in [0.3, 0.4) is 0 Å². The molecule has 1 heterocycles. The van der Waals surface area contributed by atoms with Gasteiger partial charge in [0.15, 0.2) is 6.10 Å². The molecule has 0 aliphatic heterocycles. The highest BCUT2D eigenvalue weighted by Gasteiger charge is 2.26. The Balaban J connectivity index is 1.73. The molecule has 0 fully saturated rings. The normalized spacial score (nSPS) is 13.2. The van der Waals surface area contributed by atoms with Crippen molar-refractivity contribution in [3.63, 3.8) is 0 Å². The number of aliphatic hydroxyl groups is 1. The summed E-state index contributed by atoms with van der Waals surface area (Å²) in [7, 11) is 1.19.